The van der Waals surface area contributed by atoms with Gasteiger partial charge in [-0.2, -0.15) is 5.26 Å². The summed E-state index contributed by atoms with van der Waals surface area (Å²) in [5.74, 6) is 6.70. The summed E-state index contributed by atoms with van der Waals surface area (Å²) in [7, 11) is 0. The summed E-state index contributed by atoms with van der Waals surface area (Å²) in [6, 6.07) is 9.96. The van der Waals surface area contributed by atoms with Crippen molar-refractivity contribution in [1.82, 2.24) is 14.6 Å². The van der Waals surface area contributed by atoms with Crippen molar-refractivity contribution < 1.29 is 0 Å². The Labute approximate surface area is 108 Å². The Morgan fingerprint density at radius 2 is 2.22 bits per heavy atom. The van der Waals surface area contributed by atoms with Gasteiger partial charge in [0.15, 0.2) is 5.82 Å². The van der Waals surface area contributed by atoms with E-state index in [0.29, 0.717) is 0 Å². The molecule has 90 valence electrons. The molecule has 1 atom stereocenters. The third-order valence-corrected chi connectivity index (χ3v) is 3.67. The monoisotopic (exact) mass is 257 g/mol. The Hall–Kier alpha value is -1.97. The molecule has 1 aliphatic rings. The fourth-order valence-electron chi connectivity index (χ4n) is 2.13. The number of nitriles is 1. The maximum atomic E-state index is 9.29. The summed E-state index contributed by atoms with van der Waals surface area (Å²) >= 11 is 1.57. The van der Waals surface area contributed by atoms with Crippen molar-refractivity contribution in [3.63, 3.8) is 0 Å². The Morgan fingerprint density at radius 3 is 2.94 bits per heavy atom. The quantitative estimate of drug-likeness (QED) is 0.790. The number of imidazole rings is 1. The number of nitrogens with two attached hydrogens (primary N) is 1. The van der Waals surface area contributed by atoms with E-state index in [-0.39, 0.29) is 0 Å². The fraction of sp³-hybridized carbons (Fsp3) is 0.167. The summed E-state index contributed by atoms with van der Waals surface area (Å²) in [6.45, 7) is 0. The summed E-state index contributed by atoms with van der Waals surface area (Å²) in [5.41, 5.74) is 1.80. The molecule has 3 rings (SSSR count). The Kier molecular flexibility index (Phi) is 2.51. The van der Waals surface area contributed by atoms with Crippen LogP contribution >= 0.6 is 11.8 Å². The summed E-state index contributed by atoms with van der Waals surface area (Å²) in [6.07, 6.45) is 3.18. The van der Waals surface area contributed by atoms with Gasteiger partial charge in [0.05, 0.1) is 15.9 Å². The standard InChI is InChI=1S/C12H11N5S/c1-18-10-7-16(14)11(6-13)17-9-5-3-2-4-8(9)15-12(10)17/h2-5,7,11H,14H2,1H3. The smallest absolute Gasteiger partial charge is 0.210 e. The van der Waals surface area contributed by atoms with Crippen molar-refractivity contribution in [2.75, 3.05) is 6.26 Å². The highest BCUT2D eigenvalue weighted by Crippen LogP contribution is 2.35. The molecule has 2 N–H and O–H groups in total. The largest absolute Gasteiger partial charge is 0.288 e. The third kappa shape index (κ3) is 1.41. The van der Waals surface area contributed by atoms with Gasteiger partial charge in [0.2, 0.25) is 6.17 Å². The molecule has 2 aromatic rings. The van der Waals surface area contributed by atoms with Crippen LogP contribution in [0, 0.1) is 11.3 Å². The number of hydrazine groups is 1. The molecule has 1 unspecified atom stereocenters. The second-order valence-corrected chi connectivity index (χ2v) is 4.79. The lowest BCUT2D eigenvalue weighted by molar-refractivity contribution is 0.265. The van der Waals surface area contributed by atoms with E-state index >= 15 is 0 Å². The topological polar surface area (TPSA) is 70.9 Å². The van der Waals surface area contributed by atoms with Crippen LogP contribution in [0.4, 0.5) is 0 Å². The zero-order valence-electron chi connectivity index (χ0n) is 9.74. The van der Waals surface area contributed by atoms with Crippen LogP contribution in [0.25, 0.3) is 15.9 Å². The first-order chi connectivity index (χ1) is 8.76. The number of para-hydroxylation sites is 2. The van der Waals surface area contributed by atoms with E-state index in [9.17, 15) is 5.26 Å². The number of fused-ring (bicyclic) bond motifs is 3. The van der Waals surface area contributed by atoms with Crippen LogP contribution in [0.1, 0.15) is 12.0 Å². The maximum absolute atomic E-state index is 9.29. The van der Waals surface area contributed by atoms with E-state index < -0.39 is 6.17 Å². The number of aromatic nitrogens is 2. The highest BCUT2D eigenvalue weighted by Gasteiger charge is 2.28. The van der Waals surface area contributed by atoms with Crippen LogP contribution in [0.5, 0.6) is 0 Å². The van der Waals surface area contributed by atoms with Crippen LogP contribution in [0.3, 0.4) is 0 Å². The number of nitrogens with zero attached hydrogens (tertiary/aromatic N) is 4. The van der Waals surface area contributed by atoms with Gasteiger partial charge in [-0.05, 0) is 18.4 Å². The highest BCUT2D eigenvalue weighted by molar-refractivity contribution is 8.07. The molecule has 0 bridgehead atoms. The molecule has 18 heavy (non-hydrogen) atoms. The zero-order valence-corrected chi connectivity index (χ0v) is 10.6. The molecule has 2 heterocycles. The zero-order chi connectivity index (χ0) is 12.7. The van der Waals surface area contributed by atoms with Crippen molar-refractivity contribution in [3.05, 3.63) is 36.3 Å². The molecule has 1 aromatic carbocycles. The Bertz CT molecular complexity index is 681. The highest BCUT2D eigenvalue weighted by atomic mass is 32.2. The van der Waals surface area contributed by atoms with E-state index in [1.165, 1.54) is 5.01 Å². The van der Waals surface area contributed by atoms with Gasteiger partial charge in [-0.15, -0.1) is 11.8 Å². The molecule has 5 nitrogen and oxygen atoms in total. The number of thioether (sulfide) groups is 1. The van der Waals surface area contributed by atoms with E-state index in [1.807, 2.05) is 35.1 Å². The summed E-state index contributed by atoms with van der Waals surface area (Å²) in [5, 5.41) is 10.7. The molecule has 0 aliphatic carbocycles. The molecule has 0 amide bonds. The van der Waals surface area contributed by atoms with Crippen LogP contribution in [-0.2, 0) is 0 Å². The number of hydrogen-bond acceptors (Lipinski definition) is 5. The van der Waals surface area contributed by atoms with Crippen LogP contribution in [-0.4, -0.2) is 20.8 Å². The van der Waals surface area contributed by atoms with Crippen molar-refractivity contribution in [2.24, 2.45) is 5.84 Å². The first kappa shape index (κ1) is 11.1. The first-order valence-corrected chi connectivity index (χ1v) is 6.64. The van der Waals surface area contributed by atoms with Gasteiger partial charge < -0.3 is 0 Å². The minimum atomic E-state index is -0.553. The predicted octanol–water partition coefficient (Wildman–Crippen LogP) is 1.91. The predicted molar refractivity (Wildman–Crippen MR) is 71.9 cm³/mol. The normalized spacial score (nSPS) is 18.4. The number of benzene rings is 1. The van der Waals surface area contributed by atoms with Crippen molar-refractivity contribution >= 4 is 27.7 Å². The van der Waals surface area contributed by atoms with Gasteiger partial charge in [0, 0.05) is 6.20 Å². The van der Waals surface area contributed by atoms with Crippen molar-refractivity contribution in [3.8, 4) is 6.07 Å². The van der Waals surface area contributed by atoms with Gasteiger partial charge in [-0.3, -0.25) is 9.58 Å². The lowest BCUT2D eigenvalue weighted by atomic mass is 10.3. The molecule has 0 saturated carbocycles. The molecular formula is C12H11N5S. The molecule has 0 radical (unpaired) electrons. The average Bonchev–Trinajstić information content (AvgIpc) is 2.77. The number of hydrogen-bond donors (Lipinski definition) is 1. The van der Waals surface area contributed by atoms with Gasteiger partial charge in [0.1, 0.15) is 6.07 Å². The van der Waals surface area contributed by atoms with Crippen molar-refractivity contribution in [2.45, 2.75) is 6.17 Å². The SMILES string of the molecule is CSC1=CN(N)C(C#N)n2c1nc1ccccc12. The summed E-state index contributed by atoms with van der Waals surface area (Å²) < 4.78 is 1.88. The van der Waals surface area contributed by atoms with Crippen LogP contribution in [0.15, 0.2) is 30.5 Å². The molecule has 1 aromatic heterocycles. The number of rotatable bonds is 1. The van der Waals surface area contributed by atoms with E-state index in [4.69, 9.17) is 5.84 Å². The molecule has 0 fully saturated rings. The third-order valence-electron chi connectivity index (χ3n) is 2.94. The lowest BCUT2D eigenvalue weighted by Gasteiger charge is -2.28. The second kappa shape index (κ2) is 4.05. The fourth-order valence-corrected chi connectivity index (χ4v) is 2.69. The Morgan fingerprint density at radius 1 is 1.44 bits per heavy atom. The van der Waals surface area contributed by atoms with Crippen LogP contribution < -0.4 is 5.84 Å². The lowest BCUT2D eigenvalue weighted by Crippen LogP contribution is -2.36. The molecule has 1 aliphatic heterocycles. The molecule has 0 spiro atoms. The van der Waals surface area contributed by atoms with Crippen LogP contribution in [0.2, 0.25) is 0 Å². The molecule has 0 saturated heterocycles. The average molecular weight is 257 g/mol. The van der Waals surface area contributed by atoms with Gasteiger partial charge in [-0.25, -0.2) is 10.8 Å². The van der Waals surface area contributed by atoms with Gasteiger partial charge in [-0.1, -0.05) is 12.1 Å². The van der Waals surface area contributed by atoms with Gasteiger partial charge >= 0.3 is 0 Å². The first-order valence-electron chi connectivity index (χ1n) is 5.42. The summed E-state index contributed by atoms with van der Waals surface area (Å²) in [4.78, 5) is 5.54. The minimum Gasteiger partial charge on any atom is -0.288 e. The van der Waals surface area contributed by atoms with E-state index in [0.717, 1.165) is 21.8 Å². The molecule has 6 heteroatoms. The van der Waals surface area contributed by atoms with E-state index in [2.05, 4.69) is 11.1 Å². The second-order valence-electron chi connectivity index (χ2n) is 3.94. The minimum absolute atomic E-state index is 0.553. The van der Waals surface area contributed by atoms with E-state index in [1.54, 1.807) is 18.0 Å². The van der Waals surface area contributed by atoms with Crippen molar-refractivity contribution in [1.29, 1.82) is 5.26 Å². The maximum Gasteiger partial charge on any atom is 0.210 e. The Balaban J connectivity index is 2.35. The van der Waals surface area contributed by atoms with Gasteiger partial charge in [0.25, 0.3) is 0 Å². The molecular weight excluding hydrogens is 246 g/mol.